The molecule has 2 N–H and O–H groups in total. The lowest BCUT2D eigenvalue weighted by atomic mass is 9.90. The first-order chi connectivity index (χ1) is 12.7. The number of para-hydroxylation sites is 1. The number of nitrogens with zero attached hydrogens (tertiary/aromatic N) is 2. The second-order valence-electron chi connectivity index (χ2n) is 6.56. The summed E-state index contributed by atoms with van der Waals surface area (Å²) in [7, 11) is 0. The Labute approximate surface area is 152 Å². The van der Waals surface area contributed by atoms with Gasteiger partial charge in [-0.15, -0.1) is 0 Å². The van der Waals surface area contributed by atoms with E-state index in [1.165, 1.54) is 16.5 Å². The van der Waals surface area contributed by atoms with Crippen molar-refractivity contribution in [3.8, 4) is 0 Å². The third-order valence-electron chi connectivity index (χ3n) is 4.74. The Kier molecular flexibility index (Phi) is 4.54. The van der Waals surface area contributed by atoms with Crippen LogP contribution in [0.5, 0.6) is 0 Å². The Morgan fingerprint density at radius 3 is 2.62 bits per heavy atom. The highest BCUT2D eigenvalue weighted by Crippen LogP contribution is 2.31. The molecular formula is C21H22N4O. The molecule has 0 spiro atoms. The monoisotopic (exact) mass is 346 g/mol. The van der Waals surface area contributed by atoms with E-state index in [1.54, 1.807) is 0 Å². The van der Waals surface area contributed by atoms with Crippen LogP contribution in [-0.4, -0.2) is 21.7 Å². The minimum Gasteiger partial charge on any atom is -0.361 e. The van der Waals surface area contributed by atoms with Crippen LogP contribution < -0.4 is 5.32 Å². The van der Waals surface area contributed by atoms with Crippen molar-refractivity contribution in [2.45, 2.75) is 25.8 Å². The van der Waals surface area contributed by atoms with E-state index in [-0.39, 0.29) is 12.0 Å². The van der Waals surface area contributed by atoms with Gasteiger partial charge in [0.05, 0.1) is 6.04 Å². The molecule has 0 bridgehead atoms. The third kappa shape index (κ3) is 3.26. The number of aryl methyl sites for hydroxylation is 1. The number of aromatic amines is 1. The van der Waals surface area contributed by atoms with Crippen LogP contribution in [0.3, 0.4) is 0 Å². The summed E-state index contributed by atoms with van der Waals surface area (Å²) < 4.78 is 5.30. The van der Waals surface area contributed by atoms with E-state index >= 15 is 0 Å². The molecule has 2 unspecified atom stereocenters. The number of H-pyrrole nitrogens is 1. The van der Waals surface area contributed by atoms with E-state index in [9.17, 15) is 0 Å². The minimum absolute atomic E-state index is 0.00683. The number of fused-ring (bicyclic) bond motifs is 1. The number of hydrogen-bond donors (Lipinski definition) is 2. The van der Waals surface area contributed by atoms with Gasteiger partial charge in [-0.1, -0.05) is 53.7 Å². The van der Waals surface area contributed by atoms with Crippen LogP contribution in [0.1, 0.15) is 41.7 Å². The number of hydrogen-bond acceptors (Lipinski definition) is 4. The van der Waals surface area contributed by atoms with E-state index in [2.05, 4.69) is 75.2 Å². The summed E-state index contributed by atoms with van der Waals surface area (Å²) >= 11 is 0. The van der Waals surface area contributed by atoms with Gasteiger partial charge in [0, 0.05) is 29.6 Å². The Hall–Kier alpha value is -2.92. The fourth-order valence-electron chi connectivity index (χ4n) is 3.35. The molecule has 0 aliphatic heterocycles. The summed E-state index contributed by atoms with van der Waals surface area (Å²) in [6.07, 6.45) is 2.12. The molecule has 4 rings (SSSR count). The van der Waals surface area contributed by atoms with Crippen molar-refractivity contribution in [2.75, 3.05) is 6.54 Å². The predicted octanol–water partition coefficient (Wildman–Crippen LogP) is 4.34. The fourth-order valence-corrected chi connectivity index (χ4v) is 3.35. The molecule has 0 saturated carbocycles. The second kappa shape index (κ2) is 7.14. The van der Waals surface area contributed by atoms with E-state index < -0.39 is 0 Å². The molecule has 26 heavy (non-hydrogen) atoms. The first kappa shape index (κ1) is 16.5. The highest BCUT2D eigenvalue weighted by molar-refractivity contribution is 5.84. The van der Waals surface area contributed by atoms with Crippen molar-refractivity contribution in [2.24, 2.45) is 0 Å². The smallest absolute Gasteiger partial charge is 0.243 e. The average molecular weight is 346 g/mol. The maximum absolute atomic E-state index is 5.30. The molecule has 4 aromatic rings. The van der Waals surface area contributed by atoms with Gasteiger partial charge in [-0.3, -0.25) is 0 Å². The summed E-state index contributed by atoms with van der Waals surface area (Å²) in [5, 5.41) is 8.69. The van der Waals surface area contributed by atoms with Crippen molar-refractivity contribution in [1.29, 1.82) is 0 Å². The fraction of sp³-hybridized carbons (Fsp3) is 0.238. The van der Waals surface area contributed by atoms with E-state index in [1.807, 2.05) is 19.9 Å². The largest absolute Gasteiger partial charge is 0.361 e. The molecule has 2 aromatic heterocycles. The number of nitrogens with one attached hydrogen (secondary N) is 2. The number of rotatable bonds is 6. The van der Waals surface area contributed by atoms with Gasteiger partial charge in [-0.25, -0.2) is 0 Å². The Bertz CT molecular complexity index is 989. The number of benzene rings is 2. The zero-order chi connectivity index (χ0) is 17.9. The Balaban J connectivity index is 1.63. The molecule has 5 nitrogen and oxygen atoms in total. The molecule has 0 aliphatic carbocycles. The molecular weight excluding hydrogens is 324 g/mol. The highest BCUT2D eigenvalue weighted by Gasteiger charge is 2.20. The normalized spacial score (nSPS) is 13.8. The quantitative estimate of drug-likeness (QED) is 0.545. The summed E-state index contributed by atoms with van der Waals surface area (Å²) in [5.74, 6) is 1.50. The van der Waals surface area contributed by atoms with Crippen LogP contribution in [0.2, 0.25) is 0 Å². The predicted molar refractivity (Wildman–Crippen MR) is 102 cm³/mol. The SMILES string of the molecule is Cc1noc(C(C)NCC(c2ccccc2)c2c[nH]c3ccccc23)n1. The maximum Gasteiger partial charge on any atom is 0.243 e. The zero-order valence-electron chi connectivity index (χ0n) is 14.9. The first-order valence-corrected chi connectivity index (χ1v) is 8.87. The van der Waals surface area contributed by atoms with Gasteiger partial charge in [-0.2, -0.15) is 4.98 Å². The van der Waals surface area contributed by atoms with Crippen LogP contribution in [0.25, 0.3) is 10.9 Å². The minimum atomic E-state index is -0.00683. The summed E-state index contributed by atoms with van der Waals surface area (Å²) in [6, 6.07) is 19.0. The van der Waals surface area contributed by atoms with Crippen molar-refractivity contribution in [3.63, 3.8) is 0 Å². The third-order valence-corrected chi connectivity index (χ3v) is 4.74. The van der Waals surface area contributed by atoms with Crippen LogP contribution in [0.15, 0.2) is 65.3 Å². The molecule has 2 aromatic carbocycles. The van der Waals surface area contributed by atoms with Gasteiger partial charge in [0.2, 0.25) is 5.89 Å². The zero-order valence-corrected chi connectivity index (χ0v) is 14.9. The Morgan fingerprint density at radius 2 is 1.85 bits per heavy atom. The standard InChI is InChI=1S/C21H22N4O/c1-14(21-24-15(2)25-26-21)22-12-18(16-8-4-3-5-9-16)19-13-23-20-11-7-6-10-17(19)20/h3-11,13-14,18,22-23H,12H2,1-2H3. The molecule has 2 heterocycles. The molecule has 2 atom stereocenters. The summed E-state index contributed by atoms with van der Waals surface area (Å²) in [6.45, 7) is 4.65. The van der Waals surface area contributed by atoms with Gasteiger partial charge >= 0.3 is 0 Å². The lowest BCUT2D eigenvalue weighted by Crippen LogP contribution is -2.25. The van der Waals surface area contributed by atoms with Crippen molar-refractivity contribution >= 4 is 10.9 Å². The second-order valence-corrected chi connectivity index (χ2v) is 6.56. The lowest BCUT2D eigenvalue weighted by molar-refractivity contribution is 0.336. The van der Waals surface area contributed by atoms with Crippen LogP contribution in [-0.2, 0) is 0 Å². The van der Waals surface area contributed by atoms with E-state index in [0.717, 1.165) is 12.1 Å². The van der Waals surface area contributed by atoms with Gasteiger partial charge in [0.15, 0.2) is 5.82 Å². The lowest BCUT2D eigenvalue weighted by Gasteiger charge is -2.20. The number of aromatic nitrogens is 3. The summed E-state index contributed by atoms with van der Waals surface area (Å²) in [4.78, 5) is 7.72. The molecule has 0 fully saturated rings. The van der Waals surface area contributed by atoms with Gasteiger partial charge < -0.3 is 14.8 Å². The van der Waals surface area contributed by atoms with Crippen molar-refractivity contribution < 1.29 is 4.52 Å². The average Bonchev–Trinajstić information content (AvgIpc) is 3.29. The van der Waals surface area contributed by atoms with E-state index in [0.29, 0.717) is 11.7 Å². The maximum atomic E-state index is 5.30. The topological polar surface area (TPSA) is 66.7 Å². The van der Waals surface area contributed by atoms with Crippen molar-refractivity contribution in [1.82, 2.24) is 20.4 Å². The van der Waals surface area contributed by atoms with Crippen LogP contribution in [0.4, 0.5) is 0 Å². The molecule has 132 valence electrons. The molecule has 0 aliphatic rings. The molecule has 0 amide bonds. The summed E-state index contributed by atoms with van der Waals surface area (Å²) in [5.41, 5.74) is 3.72. The van der Waals surface area contributed by atoms with E-state index in [4.69, 9.17) is 4.52 Å². The van der Waals surface area contributed by atoms with Gasteiger partial charge in [-0.05, 0) is 31.0 Å². The van der Waals surface area contributed by atoms with Crippen LogP contribution >= 0.6 is 0 Å². The molecule has 0 radical (unpaired) electrons. The Morgan fingerprint density at radius 1 is 1.08 bits per heavy atom. The molecule has 0 saturated heterocycles. The van der Waals surface area contributed by atoms with Crippen molar-refractivity contribution in [3.05, 3.63) is 83.6 Å². The van der Waals surface area contributed by atoms with Gasteiger partial charge in [0.25, 0.3) is 0 Å². The highest BCUT2D eigenvalue weighted by atomic mass is 16.5. The first-order valence-electron chi connectivity index (χ1n) is 8.87. The molecule has 5 heteroatoms. The van der Waals surface area contributed by atoms with Crippen LogP contribution in [0, 0.1) is 6.92 Å². The van der Waals surface area contributed by atoms with Gasteiger partial charge in [0.1, 0.15) is 0 Å².